The average molecular weight is 461 g/mol. The second kappa shape index (κ2) is 9.78. The third-order valence-electron chi connectivity index (χ3n) is 4.61. The summed E-state index contributed by atoms with van der Waals surface area (Å²) in [6, 6.07) is 14.7. The molecule has 0 radical (unpaired) electrons. The van der Waals surface area contributed by atoms with Crippen molar-refractivity contribution < 1.29 is 26.7 Å². The molecule has 3 aromatic rings. The van der Waals surface area contributed by atoms with E-state index in [0.717, 1.165) is 12.1 Å². The van der Waals surface area contributed by atoms with Gasteiger partial charge in [-0.1, -0.05) is 12.1 Å². The van der Waals surface area contributed by atoms with Crippen molar-refractivity contribution in [1.29, 1.82) is 0 Å². The largest absolute Gasteiger partial charge is 0.494 e. The lowest BCUT2D eigenvalue weighted by molar-refractivity contribution is 0.0940. The van der Waals surface area contributed by atoms with Gasteiger partial charge in [0.1, 0.15) is 5.75 Å². The van der Waals surface area contributed by atoms with Crippen molar-refractivity contribution in [2.24, 2.45) is 0 Å². The molecule has 0 aliphatic heterocycles. The van der Waals surface area contributed by atoms with E-state index in [1.165, 1.54) is 42.5 Å². The number of amides is 1. The van der Waals surface area contributed by atoms with Crippen LogP contribution >= 0.6 is 0 Å². The molecule has 0 saturated carbocycles. The molecule has 0 saturated heterocycles. The number of carbonyl (C=O) groups excluding carboxylic acids is 1. The Morgan fingerprint density at radius 3 is 2.38 bits per heavy atom. The van der Waals surface area contributed by atoms with Gasteiger partial charge in [0.05, 0.1) is 17.5 Å². The molecule has 9 heteroatoms. The highest BCUT2D eigenvalue weighted by Crippen LogP contribution is 2.21. The number of carbonyl (C=O) groups is 1. The van der Waals surface area contributed by atoms with Crippen LogP contribution in [-0.2, 0) is 10.0 Å². The Morgan fingerprint density at radius 2 is 1.72 bits per heavy atom. The van der Waals surface area contributed by atoms with Crippen LogP contribution in [0.1, 0.15) is 35.8 Å². The standard InChI is InChI=1S/C23H22F2N2O4S/c1-3-31-19-8-10-20(11-9-19)32(29,30)27-18-6-4-5-17(13-18)23(28)26-15(2)16-7-12-21(24)22(25)14-16/h4-15,27H,3H2,1-2H3,(H,26,28). The number of halogens is 2. The van der Waals surface area contributed by atoms with Gasteiger partial charge in [-0.2, -0.15) is 0 Å². The molecule has 0 spiro atoms. The van der Waals surface area contributed by atoms with E-state index in [0.29, 0.717) is 17.9 Å². The van der Waals surface area contributed by atoms with Crippen LogP contribution in [0.2, 0.25) is 0 Å². The Morgan fingerprint density at radius 1 is 1.00 bits per heavy atom. The Hall–Kier alpha value is -3.46. The van der Waals surface area contributed by atoms with Crippen LogP contribution < -0.4 is 14.8 Å². The zero-order valence-electron chi connectivity index (χ0n) is 17.4. The average Bonchev–Trinajstić information content (AvgIpc) is 2.76. The van der Waals surface area contributed by atoms with E-state index in [4.69, 9.17) is 4.74 Å². The van der Waals surface area contributed by atoms with Crippen LogP contribution in [0.5, 0.6) is 5.75 Å². The molecule has 0 aliphatic carbocycles. The summed E-state index contributed by atoms with van der Waals surface area (Å²) in [6.07, 6.45) is 0. The minimum atomic E-state index is -3.88. The van der Waals surface area contributed by atoms with Crippen molar-refractivity contribution in [3.8, 4) is 5.75 Å². The van der Waals surface area contributed by atoms with Crippen molar-refractivity contribution in [1.82, 2.24) is 5.32 Å². The van der Waals surface area contributed by atoms with Crippen LogP contribution in [0.4, 0.5) is 14.5 Å². The molecular formula is C23H22F2N2O4S. The molecular weight excluding hydrogens is 438 g/mol. The first-order valence-electron chi connectivity index (χ1n) is 9.81. The smallest absolute Gasteiger partial charge is 0.261 e. The van der Waals surface area contributed by atoms with E-state index >= 15 is 0 Å². The zero-order chi connectivity index (χ0) is 23.3. The summed E-state index contributed by atoms with van der Waals surface area (Å²) in [4.78, 5) is 12.6. The number of rotatable bonds is 8. The van der Waals surface area contributed by atoms with E-state index in [1.807, 2.05) is 6.92 Å². The van der Waals surface area contributed by atoms with E-state index in [2.05, 4.69) is 10.0 Å². The fraction of sp³-hybridized carbons (Fsp3) is 0.174. The lowest BCUT2D eigenvalue weighted by Crippen LogP contribution is -2.27. The summed E-state index contributed by atoms with van der Waals surface area (Å²) in [5.41, 5.74) is 0.794. The molecule has 0 fully saturated rings. The third kappa shape index (κ3) is 5.61. The van der Waals surface area contributed by atoms with Gasteiger partial charge >= 0.3 is 0 Å². The van der Waals surface area contributed by atoms with Gasteiger partial charge in [-0.25, -0.2) is 17.2 Å². The van der Waals surface area contributed by atoms with Gasteiger partial charge in [0.15, 0.2) is 11.6 Å². The van der Waals surface area contributed by atoms with Gasteiger partial charge in [-0.15, -0.1) is 0 Å². The molecule has 32 heavy (non-hydrogen) atoms. The molecule has 3 aromatic carbocycles. The monoisotopic (exact) mass is 460 g/mol. The summed E-state index contributed by atoms with van der Waals surface area (Å²) in [7, 11) is -3.88. The highest BCUT2D eigenvalue weighted by atomic mass is 32.2. The van der Waals surface area contributed by atoms with Crippen LogP contribution in [0.15, 0.2) is 71.6 Å². The van der Waals surface area contributed by atoms with Crippen molar-refractivity contribution >= 4 is 21.6 Å². The molecule has 1 amide bonds. The van der Waals surface area contributed by atoms with Crippen LogP contribution in [0, 0.1) is 11.6 Å². The topological polar surface area (TPSA) is 84.5 Å². The molecule has 0 heterocycles. The Labute approximate surface area is 185 Å². The third-order valence-corrected chi connectivity index (χ3v) is 6.01. The van der Waals surface area contributed by atoms with Crippen molar-refractivity contribution in [2.45, 2.75) is 24.8 Å². The summed E-state index contributed by atoms with van der Waals surface area (Å²) in [6.45, 7) is 3.92. The summed E-state index contributed by atoms with van der Waals surface area (Å²) in [5, 5.41) is 2.68. The van der Waals surface area contributed by atoms with Gasteiger partial charge in [0.25, 0.3) is 15.9 Å². The van der Waals surface area contributed by atoms with Gasteiger partial charge < -0.3 is 10.1 Å². The van der Waals surface area contributed by atoms with Crippen molar-refractivity contribution in [3.05, 3.63) is 89.5 Å². The number of benzene rings is 3. The summed E-state index contributed by atoms with van der Waals surface area (Å²) >= 11 is 0. The van der Waals surface area contributed by atoms with Gasteiger partial charge in [-0.05, 0) is 74.0 Å². The SMILES string of the molecule is CCOc1ccc(S(=O)(=O)Nc2cccc(C(=O)NC(C)c3ccc(F)c(F)c3)c2)cc1. The number of nitrogens with one attached hydrogen (secondary N) is 2. The Kier molecular flexibility index (Phi) is 7.09. The molecule has 0 bridgehead atoms. The number of hydrogen-bond acceptors (Lipinski definition) is 4. The molecule has 2 N–H and O–H groups in total. The molecule has 3 rings (SSSR count). The second-order valence-electron chi connectivity index (χ2n) is 6.96. The van der Waals surface area contributed by atoms with E-state index in [9.17, 15) is 22.0 Å². The van der Waals surface area contributed by atoms with Gasteiger partial charge in [0.2, 0.25) is 0 Å². The molecule has 6 nitrogen and oxygen atoms in total. The second-order valence-corrected chi connectivity index (χ2v) is 8.64. The highest BCUT2D eigenvalue weighted by Gasteiger charge is 2.17. The fourth-order valence-electron chi connectivity index (χ4n) is 2.96. The van der Waals surface area contributed by atoms with Crippen LogP contribution in [0.25, 0.3) is 0 Å². The van der Waals surface area contributed by atoms with E-state index < -0.39 is 33.6 Å². The van der Waals surface area contributed by atoms with Crippen LogP contribution in [0.3, 0.4) is 0 Å². The summed E-state index contributed by atoms with van der Waals surface area (Å²) < 4.78 is 59.6. The maximum atomic E-state index is 13.5. The molecule has 0 aliphatic rings. The fourth-order valence-corrected chi connectivity index (χ4v) is 4.01. The first kappa shape index (κ1) is 23.2. The molecule has 168 valence electrons. The molecule has 1 atom stereocenters. The quantitative estimate of drug-likeness (QED) is 0.512. The predicted octanol–water partition coefficient (Wildman–Crippen LogP) is 4.66. The lowest BCUT2D eigenvalue weighted by atomic mass is 10.1. The first-order valence-corrected chi connectivity index (χ1v) is 11.3. The minimum Gasteiger partial charge on any atom is -0.494 e. The van der Waals surface area contributed by atoms with E-state index in [1.54, 1.807) is 19.1 Å². The van der Waals surface area contributed by atoms with Gasteiger partial charge in [0, 0.05) is 11.3 Å². The number of ether oxygens (including phenoxy) is 1. The minimum absolute atomic E-state index is 0.0442. The Bertz CT molecular complexity index is 1210. The number of hydrogen-bond donors (Lipinski definition) is 2. The normalized spacial score (nSPS) is 12.1. The van der Waals surface area contributed by atoms with Crippen LogP contribution in [-0.4, -0.2) is 20.9 Å². The maximum Gasteiger partial charge on any atom is 0.261 e. The van der Waals surface area contributed by atoms with Gasteiger partial charge in [-0.3, -0.25) is 9.52 Å². The Balaban J connectivity index is 1.72. The van der Waals surface area contributed by atoms with Crippen molar-refractivity contribution in [3.63, 3.8) is 0 Å². The highest BCUT2D eigenvalue weighted by molar-refractivity contribution is 7.92. The number of sulfonamides is 1. The predicted molar refractivity (Wildman–Crippen MR) is 117 cm³/mol. The lowest BCUT2D eigenvalue weighted by Gasteiger charge is -2.15. The van der Waals surface area contributed by atoms with E-state index in [-0.39, 0.29) is 16.1 Å². The molecule has 1 unspecified atom stereocenters. The maximum absolute atomic E-state index is 13.5. The van der Waals surface area contributed by atoms with Crippen molar-refractivity contribution in [2.75, 3.05) is 11.3 Å². The first-order chi connectivity index (χ1) is 15.2. The number of anilines is 1. The molecule has 0 aromatic heterocycles. The summed E-state index contributed by atoms with van der Waals surface area (Å²) in [5.74, 6) is -1.92. The zero-order valence-corrected chi connectivity index (χ0v) is 18.2.